The molecule has 6 heteroatoms. The topological polar surface area (TPSA) is 55.6 Å². The normalized spacial score (nSPS) is 10.4. The molecule has 18 heavy (non-hydrogen) atoms. The van der Waals surface area contributed by atoms with Gasteiger partial charge < -0.3 is 9.64 Å². The van der Waals surface area contributed by atoms with Crippen LogP contribution in [0.15, 0.2) is 18.2 Å². The van der Waals surface area contributed by atoms with Crippen LogP contribution >= 0.6 is 11.6 Å². The fourth-order valence-corrected chi connectivity index (χ4v) is 1.94. The SMILES string of the molecule is CCN(CCOC)c1ccc([N+](=O)[O-])c(CCl)c1. The third-order valence-electron chi connectivity index (χ3n) is 2.72. The quantitative estimate of drug-likeness (QED) is 0.435. The number of rotatable bonds is 7. The molecule has 1 aromatic carbocycles. The van der Waals surface area contributed by atoms with Crippen LogP contribution in [0.4, 0.5) is 11.4 Å². The number of hydrogen-bond acceptors (Lipinski definition) is 4. The molecule has 0 bridgehead atoms. The predicted octanol–water partition coefficient (Wildman–Crippen LogP) is 2.81. The van der Waals surface area contributed by atoms with Crippen molar-refractivity contribution in [3.8, 4) is 0 Å². The second-order valence-electron chi connectivity index (χ2n) is 3.78. The lowest BCUT2D eigenvalue weighted by atomic mass is 10.1. The molecule has 1 rings (SSSR count). The number of benzene rings is 1. The van der Waals surface area contributed by atoms with Gasteiger partial charge in [-0.2, -0.15) is 0 Å². The van der Waals surface area contributed by atoms with Crippen molar-refractivity contribution in [2.45, 2.75) is 12.8 Å². The van der Waals surface area contributed by atoms with E-state index >= 15 is 0 Å². The van der Waals surface area contributed by atoms with Crippen LogP contribution < -0.4 is 4.90 Å². The summed E-state index contributed by atoms with van der Waals surface area (Å²) in [6, 6.07) is 5.01. The summed E-state index contributed by atoms with van der Waals surface area (Å²) in [7, 11) is 1.65. The van der Waals surface area contributed by atoms with E-state index in [1.807, 2.05) is 6.92 Å². The van der Waals surface area contributed by atoms with Gasteiger partial charge in [0, 0.05) is 37.5 Å². The van der Waals surface area contributed by atoms with Gasteiger partial charge in [-0.05, 0) is 19.1 Å². The van der Waals surface area contributed by atoms with Gasteiger partial charge in [-0.3, -0.25) is 10.1 Å². The highest BCUT2D eigenvalue weighted by Gasteiger charge is 2.15. The molecule has 100 valence electrons. The van der Waals surface area contributed by atoms with Crippen molar-refractivity contribution in [2.75, 3.05) is 31.7 Å². The van der Waals surface area contributed by atoms with E-state index in [4.69, 9.17) is 16.3 Å². The van der Waals surface area contributed by atoms with Gasteiger partial charge >= 0.3 is 0 Å². The number of likely N-dealkylation sites (N-methyl/N-ethyl adjacent to an activating group) is 1. The Labute approximate surface area is 111 Å². The summed E-state index contributed by atoms with van der Waals surface area (Å²) in [5.41, 5.74) is 1.53. The Morgan fingerprint density at radius 3 is 2.72 bits per heavy atom. The molecule has 5 nitrogen and oxygen atoms in total. The van der Waals surface area contributed by atoms with Crippen LogP contribution in [0.3, 0.4) is 0 Å². The zero-order valence-corrected chi connectivity index (χ0v) is 11.3. The largest absolute Gasteiger partial charge is 0.383 e. The van der Waals surface area contributed by atoms with Gasteiger partial charge in [0.05, 0.1) is 17.4 Å². The molecule has 0 unspecified atom stereocenters. The fourth-order valence-electron chi connectivity index (χ4n) is 1.73. The Kier molecular flexibility index (Phi) is 5.88. The molecule has 0 radical (unpaired) electrons. The van der Waals surface area contributed by atoms with E-state index in [1.165, 1.54) is 6.07 Å². The van der Waals surface area contributed by atoms with Crippen molar-refractivity contribution in [1.29, 1.82) is 0 Å². The number of anilines is 1. The number of nitro groups is 1. The van der Waals surface area contributed by atoms with E-state index in [1.54, 1.807) is 19.2 Å². The molecule has 0 aromatic heterocycles. The van der Waals surface area contributed by atoms with Crippen molar-refractivity contribution < 1.29 is 9.66 Å². The third kappa shape index (κ3) is 3.58. The van der Waals surface area contributed by atoms with Gasteiger partial charge in [-0.15, -0.1) is 11.6 Å². The Hall–Kier alpha value is -1.33. The van der Waals surface area contributed by atoms with Crippen LogP contribution in [-0.2, 0) is 10.6 Å². The first-order chi connectivity index (χ1) is 8.63. The average Bonchev–Trinajstić information content (AvgIpc) is 2.39. The van der Waals surface area contributed by atoms with Crippen molar-refractivity contribution in [3.05, 3.63) is 33.9 Å². The van der Waals surface area contributed by atoms with Crippen molar-refractivity contribution in [2.24, 2.45) is 0 Å². The van der Waals surface area contributed by atoms with Crippen LogP contribution in [-0.4, -0.2) is 31.7 Å². The lowest BCUT2D eigenvalue weighted by Crippen LogP contribution is -2.26. The summed E-state index contributed by atoms with van der Waals surface area (Å²) < 4.78 is 5.04. The molecule has 0 heterocycles. The third-order valence-corrected chi connectivity index (χ3v) is 3.00. The highest BCUT2D eigenvalue weighted by Crippen LogP contribution is 2.26. The first-order valence-corrected chi connectivity index (χ1v) is 6.24. The smallest absolute Gasteiger partial charge is 0.273 e. The van der Waals surface area contributed by atoms with E-state index in [2.05, 4.69) is 4.90 Å². The molecule has 0 aliphatic rings. The number of ether oxygens (including phenoxy) is 1. The van der Waals surface area contributed by atoms with Gasteiger partial charge in [-0.25, -0.2) is 0 Å². The second kappa shape index (κ2) is 7.18. The number of hydrogen-bond donors (Lipinski definition) is 0. The minimum atomic E-state index is -0.410. The van der Waals surface area contributed by atoms with Gasteiger partial charge in [0.25, 0.3) is 5.69 Å². The molecule has 0 saturated heterocycles. The summed E-state index contributed by atoms with van der Waals surface area (Å²) in [5.74, 6) is 0.131. The maximum Gasteiger partial charge on any atom is 0.273 e. The first kappa shape index (κ1) is 14.7. The summed E-state index contributed by atoms with van der Waals surface area (Å²) in [5, 5.41) is 10.8. The van der Waals surface area contributed by atoms with Crippen LogP contribution in [0, 0.1) is 10.1 Å². The number of methoxy groups -OCH3 is 1. The number of alkyl halides is 1. The minimum Gasteiger partial charge on any atom is -0.383 e. The fraction of sp³-hybridized carbons (Fsp3) is 0.500. The molecule has 0 aliphatic heterocycles. The molecule has 0 atom stereocenters. The molecule has 0 spiro atoms. The Morgan fingerprint density at radius 2 is 2.22 bits per heavy atom. The summed E-state index contributed by atoms with van der Waals surface area (Å²) in [6.07, 6.45) is 0. The predicted molar refractivity (Wildman–Crippen MR) is 72.4 cm³/mol. The summed E-state index contributed by atoms with van der Waals surface area (Å²) >= 11 is 5.75. The van der Waals surface area contributed by atoms with Crippen molar-refractivity contribution >= 4 is 23.0 Å². The molecule has 0 saturated carbocycles. The second-order valence-corrected chi connectivity index (χ2v) is 4.04. The van der Waals surface area contributed by atoms with E-state index in [9.17, 15) is 10.1 Å². The lowest BCUT2D eigenvalue weighted by Gasteiger charge is -2.23. The maximum atomic E-state index is 10.8. The average molecular weight is 273 g/mol. The highest BCUT2D eigenvalue weighted by molar-refractivity contribution is 6.17. The molecular weight excluding hydrogens is 256 g/mol. The van der Waals surface area contributed by atoms with E-state index in [0.717, 1.165) is 18.8 Å². The first-order valence-electron chi connectivity index (χ1n) is 5.71. The molecule has 0 amide bonds. The maximum absolute atomic E-state index is 10.8. The zero-order valence-electron chi connectivity index (χ0n) is 10.6. The molecule has 0 N–H and O–H groups in total. The lowest BCUT2D eigenvalue weighted by molar-refractivity contribution is -0.385. The zero-order chi connectivity index (χ0) is 13.5. The number of halogens is 1. The van der Waals surface area contributed by atoms with Crippen LogP contribution in [0.2, 0.25) is 0 Å². The summed E-state index contributed by atoms with van der Waals surface area (Å²) in [6.45, 7) is 4.19. The van der Waals surface area contributed by atoms with Crippen LogP contribution in [0.25, 0.3) is 0 Å². The molecule has 1 aromatic rings. The molecular formula is C12H17ClN2O3. The Bertz CT molecular complexity index is 412. The summed E-state index contributed by atoms with van der Waals surface area (Å²) in [4.78, 5) is 12.5. The monoisotopic (exact) mass is 272 g/mol. The van der Waals surface area contributed by atoms with E-state index in [-0.39, 0.29) is 11.6 Å². The van der Waals surface area contributed by atoms with E-state index in [0.29, 0.717) is 12.2 Å². The van der Waals surface area contributed by atoms with Crippen LogP contribution in [0.5, 0.6) is 0 Å². The van der Waals surface area contributed by atoms with Gasteiger partial charge in [0.1, 0.15) is 0 Å². The van der Waals surface area contributed by atoms with E-state index < -0.39 is 4.92 Å². The standard InChI is InChI=1S/C12H17ClN2O3/c1-3-14(6-7-18-2)11-4-5-12(15(16)17)10(8-11)9-13/h4-5,8H,3,6-7,9H2,1-2H3. The Balaban J connectivity index is 2.99. The van der Waals surface area contributed by atoms with Crippen LogP contribution in [0.1, 0.15) is 12.5 Å². The number of nitrogens with zero attached hydrogens (tertiary/aromatic N) is 2. The van der Waals surface area contributed by atoms with Crippen molar-refractivity contribution in [3.63, 3.8) is 0 Å². The van der Waals surface area contributed by atoms with Gasteiger partial charge in [-0.1, -0.05) is 0 Å². The molecule has 0 fully saturated rings. The van der Waals surface area contributed by atoms with Gasteiger partial charge in [0.15, 0.2) is 0 Å². The Morgan fingerprint density at radius 1 is 1.50 bits per heavy atom. The van der Waals surface area contributed by atoms with Crippen molar-refractivity contribution in [1.82, 2.24) is 0 Å². The minimum absolute atomic E-state index is 0.0662. The molecule has 0 aliphatic carbocycles. The highest BCUT2D eigenvalue weighted by atomic mass is 35.5. The number of nitro benzene ring substituents is 1. The van der Waals surface area contributed by atoms with Gasteiger partial charge in [0.2, 0.25) is 0 Å².